The number of pyridine rings is 1. The smallest absolute Gasteiger partial charge is 0.253 e. The molecule has 0 bridgehead atoms. The predicted molar refractivity (Wildman–Crippen MR) is 107 cm³/mol. The van der Waals surface area contributed by atoms with Crippen LogP contribution in [0.25, 0.3) is 10.8 Å². The minimum atomic E-state index is -0.516. The zero-order valence-corrected chi connectivity index (χ0v) is 16.4. The fraction of sp³-hybridized carbons (Fsp3) is 0.263. The largest absolute Gasteiger partial charge is 0.633 e. The zero-order valence-electron chi connectivity index (χ0n) is 15.7. The SMILES string of the molecule is CC(C[N+](C)(C)[O-])Oc1nc(Nc2cc3cccc(Cl)c3cn2)cnc1C#N. The second-order valence-corrected chi connectivity index (χ2v) is 7.27. The molecule has 0 spiro atoms. The average Bonchev–Trinajstić information content (AvgIpc) is 2.60. The summed E-state index contributed by atoms with van der Waals surface area (Å²) >= 11 is 6.16. The first kappa shape index (κ1) is 19.8. The molecule has 28 heavy (non-hydrogen) atoms. The number of hydrogen-bond donors (Lipinski definition) is 1. The van der Waals surface area contributed by atoms with Crippen molar-refractivity contribution in [3.05, 3.63) is 52.6 Å². The van der Waals surface area contributed by atoms with Gasteiger partial charge in [-0.3, -0.25) is 0 Å². The lowest BCUT2D eigenvalue weighted by Crippen LogP contribution is -2.40. The molecule has 0 aliphatic rings. The maximum Gasteiger partial charge on any atom is 0.253 e. The first-order valence-electron chi connectivity index (χ1n) is 8.54. The van der Waals surface area contributed by atoms with Gasteiger partial charge < -0.3 is 19.9 Å². The summed E-state index contributed by atoms with van der Waals surface area (Å²) in [6.07, 6.45) is 2.66. The summed E-state index contributed by atoms with van der Waals surface area (Å²) in [5.41, 5.74) is 0.0480. The number of nitriles is 1. The van der Waals surface area contributed by atoms with Crippen LogP contribution in [0.1, 0.15) is 12.6 Å². The van der Waals surface area contributed by atoms with Crippen LogP contribution in [-0.4, -0.2) is 46.3 Å². The highest BCUT2D eigenvalue weighted by atomic mass is 35.5. The second-order valence-electron chi connectivity index (χ2n) is 6.86. The van der Waals surface area contributed by atoms with Crippen molar-refractivity contribution in [1.29, 1.82) is 5.26 Å². The van der Waals surface area contributed by atoms with Crippen LogP contribution in [0.5, 0.6) is 5.88 Å². The van der Waals surface area contributed by atoms with Crippen molar-refractivity contribution in [3.8, 4) is 11.9 Å². The molecule has 0 radical (unpaired) electrons. The van der Waals surface area contributed by atoms with E-state index in [9.17, 15) is 10.5 Å². The second kappa shape index (κ2) is 7.94. The van der Waals surface area contributed by atoms with Gasteiger partial charge in [0.2, 0.25) is 5.69 Å². The summed E-state index contributed by atoms with van der Waals surface area (Å²) < 4.78 is 5.17. The Morgan fingerprint density at radius 1 is 1.29 bits per heavy atom. The number of anilines is 2. The average molecular weight is 399 g/mol. The quantitative estimate of drug-likeness (QED) is 0.499. The third-order valence-electron chi connectivity index (χ3n) is 3.82. The number of hydroxylamine groups is 3. The fourth-order valence-corrected chi connectivity index (χ4v) is 3.00. The van der Waals surface area contributed by atoms with Gasteiger partial charge in [-0.2, -0.15) is 10.2 Å². The number of hydrogen-bond acceptors (Lipinski definition) is 7. The molecule has 1 N–H and O–H groups in total. The topological polar surface area (TPSA) is 107 Å². The minimum absolute atomic E-state index is 0.0480. The summed E-state index contributed by atoms with van der Waals surface area (Å²) in [6.45, 7) is 1.95. The van der Waals surface area contributed by atoms with Crippen LogP contribution in [0.3, 0.4) is 0 Å². The summed E-state index contributed by atoms with van der Waals surface area (Å²) in [5, 5.41) is 26.5. The van der Waals surface area contributed by atoms with Crippen LogP contribution >= 0.6 is 11.6 Å². The molecular weight excluding hydrogens is 380 g/mol. The van der Waals surface area contributed by atoms with E-state index in [1.54, 1.807) is 19.2 Å². The molecule has 1 aromatic carbocycles. The molecule has 1 unspecified atom stereocenters. The first-order valence-corrected chi connectivity index (χ1v) is 8.92. The third kappa shape index (κ3) is 4.84. The summed E-state index contributed by atoms with van der Waals surface area (Å²) in [7, 11) is 3.04. The molecule has 3 aromatic rings. The van der Waals surface area contributed by atoms with E-state index < -0.39 is 10.8 Å². The van der Waals surface area contributed by atoms with Crippen molar-refractivity contribution in [3.63, 3.8) is 0 Å². The van der Waals surface area contributed by atoms with Crippen LogP contribution in [0.15, 0.2) is 36.7 Å². The third-order valence-corrected chi connectivity index (χ3v) is 4.15. The Labute approximate surface area is 167 Å². The lowest BCUT2D eigenvalue weighted by molar-refractivity contribution is -0.842. The van der Waals surface area contributed by atoms with Gasteiger partial charge in [0.05, 0.1) is 20.3 Å². The molecule has 1 atom stereocenters. The number of fused-ring (bicyclic) bond motifs is 1. The van der Waals surface area contributed by atoms with Gasteiger partial charge in [0, 0.05) is 16.6 Å². The molecule has 0 amide bonds. The molecule has 2 heterocycles. The number of quaternary nitrogens is 1. The standard InChI is InChI=1S/C19H19ClN6O2/c1-12(11-26(2,3)27)28-19-16(8-21)22-10-18(25-19)24-17-7-13-5-4-6-15(20)14(13)9-23-17/h4-7,9-10,12H,11H2,1-3H3,(H,23,24,25). The summed E-state index contributed by atoms with van der Waals surface area (Å²) in [6, 6.07) is 9.37. The van der Waals surface area contributed by atoms with Crippen molar-refractivity contribution < 1.29 is 9.38 Å². The Morgan fingerprint density at radius 2 is 2.07 bits per heavy atom. The highest BCUT2D eigenvalue weighted by molar-refractivity contribution is 6.35. The number of nitrogens with zero attached hydrogens (tertiary/aromatic N) is 5. The van der Waals surface area contributed by atoms with Crippen molar-refractivity contribution >= 4 is 34.0 Å². The number of benzene rings is 1. The first-order chi connectivity index (χ1) is 13.2. The van der Waals surface area contributed by atoms with Gasteiger partial charge in [-0.25, -0.2) is 9.97 Å². The Morgan fingerprint density at radius 3 is 2.79 bits per heavy atom. The van der Waals surface area contributed by atoms with Gasteiger partial charge >= 0.3 is 0 Å². The Balaban J connectivity index is 1.84. The lowest BCUT2D eigenvalue weighted by Gasteiger charge is -2.35. The van der Waals surface area contributed by atoms with Gasteiger partial charge in [0.1, 0.15) is 24.5 Å². The molecule has 0 saturated heterocycles. The maximum atomic E-state index is 11.8. The van der Waals surface area contributed by atoms with E-state index in [0.29, 0.717) is 16.7 Å². The Hall–Kier alpha value is -2.99. The van der Waals surface area contributed by atoms with E-state index in [2.05, 4.69) is 20.3 Å². The van der Waals surface area contributed by atoms with Gasteiger partial charge in [-0.15, -0.1) is 0 Å². The van der Waals surface area contributed by atoms with Gasteiger partial charge in [0.25, 0.3) is 5.88 Å². The molecule has 0 saturated carbocycles. The van der Waals surface area contributed by atoms with E-state index in [1.165, 1.54) is 20.3 Å². The number of rotatable bonds is 6. The number of ether oxygens (including phenoxy) is 1. The molecule has 3 rings (SSSR count). The lowest BCUT2D eigenvalue weighted by atomic mass is 10.2. The molecule has 0 aliphatic heterocycles. The van der Waals surface area contributed by atoms with E-state index >= 15 is 0 Å². The molecule has 0 aliphatic carbocycles. The summed E-state index contributed by atoms with van der Waals surface area (Å²) in [5.74, 6) is 0.980. The molecule has 8 nitrogen and oxygen atoms in total. The minimum Gasteiger partial charge on any atom is -0.633 e. The van der Waals surface area contributed by atoms with E-state index in [4.69, 9.17) is 16.3 Å². The number of halogens is 1. The van der Waals surface area contributed by atoms with E-state index in [0.717, 1.165) is 10.8 Å². The van der Waals surface area contributed by atoms with Crippen molar-refractivity contribution in [2.45, 2.75) is 13.0 Å². The van der Waals surface area contributed by atoms with Crippen LogP contribution < -0.4 is 10.1 Å². The van der Waals surface area contributed by atoms with Crippen molar-refractivity contribution in [2.75, 3.05) is 26.0 Å². The van der Waals surface area contributed by atoms with Crippen molar-refractivity contribution in [2.24, 2.45) is 0 Å². The van der Waals surface area contributed by atoms with Crippen molar-refractivity contribution in [1.82, 2.24) is 15.0 Å². The van der Waals surface area contributed by atoms with Gasteiger partial charge in [-0.05, 0) is 24.4 Å². The maximum absolute atomic E-state index is 11.8. The van der Waals surface area contributed by atoms with Gasteiger partial charge in [0.15, 0.2) is 5.82 Å². The van der Waals surface area contributed by atoms with Crippen LogP contribution in [0.2, 0.25) is 5.02 Å². The number of aromatic nitrogens is 3. The fourth-order valence-electron chi connectivity index (χ4n) is 2.77. The molecule has 144 valence electrons. The normalized spacial score (nSPS) is 12.4. The monoisotopic (exact) mass is 398 g/mol. The van der Waals surface area contributed by atoms with Crippen LogP contribution in [-0.2, 0) is 0 Å². The zero-order chi connectivity index (χ0) is 20.3. The summed E-state index contributed by atoms with van der Waals surface area (Å²) in [4.78, 5) is 12.7. The predicted octanol–water partition coefficient (Wildman–Crippen LogP) is 3.63. The Bertz CT molecular complexity index is 1040. The number of nitrogens with one attached hydrogen (secondary N) is 1. The van der Waals surface area contributed by atoms with E-state index in [-0.39, 0.29) is 18.1 Å². The molecule has 9 heteroatoms. The van der Waals surface area contributed by atoms with E-state index in [1.807, 2.05) is 24.3 Å². The van der Waals surface area contributed by atoms with Crippen LogP contribution in [0.4, 0.5) is 11.6 Å². The highest BCUT2D eigenvalue weighted by Gasteiger charge is 2.17. The van der Waals surface area contributed by atoms with Gasteiger partial charge in [-0.1, -0.05) is 23.7 Å². The number of likely N-dealkylation sites (N-methyl/N-ethyl adjacent to an activating group) is 1. The highest BCUT2D eigenvalue weighted by Crippen LogP contribution is 2.26. The molecule has 2 aromatic heterocycles. The van der Waals surface area contributed by atoms with Crippen LogP contribution in [0, 0.1) is 16.5 Å². The Kier molecular flexibility index (Phi) is 5.61. The molecule has 0 fully saturated rings. The molecular formula is C19H19ClN6O2.